The molecule has 0 aliphatic rings. The van der Waals surface area contributed by atoms with Gasteiger partial charge in [0.15, 0.2) is 0 Å². The van der Waals surface area contributed by atoms with E-state index in [1.165, 1.54) is 17.4 Å². The second kappa shape index (κ2) is 7.35. The number of ether oxygens (including phenoxy) is 1. The number of nitrogens with zero attached hydrogens (tertiary/aromatic N) is 1. The van der Waals surface area contributed by atoms with Gasteiger partial charge in [-0.3, -0.25) is 0 Å². The zero-order chi connectivity index (χ0) is 16.1. The number of halogens is 1. The molecule has 5 heteroatoms. The van der Waals surface area contributed by atoms with Crippen molar-refractivity contribution in [2.45, 2.75) is 13.1 Å². The van der Waals surface area contributed by atoms with Crippen LogP contribution in [0.4, 0.5) is 4.39 Å². The van der Waals surface area contributed by atoms with Crippen molar-refractivity contribution in [3.05, 3.63) is 71.1 Å². The molecule has 0 aliphatic carbocycles. The third-order valence-electron chi connectivity index (χ3n) is 3.48. The number of aromatic nitrogens is 1. The summed E-state index contributed by atoms with van der Waals surface area (Å²) in [6.07, 6.45) is 1.73. The van der Waals surface area contributed by atoms with Gasteiger partial charge < -0.3 is 10.1 Å². The minimum absolute atomic E-state index is 0.218. The average molecular weight is 328 g/mol. The van der Waals surface area contributed by atoms with E-state index in [2.05, 4.69) is 10.3 Å². The number of hydrogen-bond acceptors (Lipinski definition) is 4. The fraction of sp³-hybridized carbons (Fsp3) is 0.167. The molecular formula is C18H17FN2OS. The van der Waals surface area contributed by atoms with Gasteiger partial charge in [-0.1, -0.05) is 36.4 Å². The van der Waals surface area contributed by atoms with Crippen LogP contribution in [0.5, 0.6) is 5.75 Å². The number of hydrogen-bond donors (Lipinski definition) is 1. The molecule has 0 atom stereocenters. The van der Waals surface area contributed by atoms with Gasteiger partial charge in [0.25, 0.3) is 0 Å². The molecule has 23 heavy (non-hydrogen) atoms. The largest absolute Gasteiger partial charge is 0.496 e. The molecule has 0 fully saturated rings. The van der Waals surface area contributed by atoms with E-state index in [4.69, 9.17) is 4.74 Å². The van der Waals surface area contributed by atoms with Crippen LogP contribution in [0.1, 0.15) is 10.6 Å². The van der Waals surface area contributed by atoms with Crippen molar-refractivity contribution in [1.82, 2.24) is 10.3 Å². The maximum absolute atomic E-state index is 13.8. The van der Waals surface area contributed by atoms with Crippen molar-refractivity contribution in [3.63, 3.8) is 0 Å². The Labute approximate surface area is 138 Å². The molecule has 2 aromatic carbocycles. The van der Waals surface area contributed by atoms with Gasteiger partial charge in [-0.2, -0.15) is 0 Å². The Bertz CT molecular complexity index is 788. The molecule has 118 valence electrons. The SMILES string of the molecule is COc1ccccc1CNCc1ncc(-c2ccccc2F)s1. The quantitative estimate of drug-likeness (QED) is 0.734. The summed E-state index contributed by atoms with van der Waals surface area (Å²) < 4.78 is 19.1. The standard InChI is InChI=1S/C18H17FN2OS/c1-22-16-9-5-2-6-13(16)10-20-12-18-21-11-17(23-18)14-7-3-4-8-15(14)19/h2-9,11,20H,10,12H2,1H3. The van der Waals surface area contributed by atoms with E-state index in [0.717, 1.165) is 21.2 Å². The zero-order valence-electron chi connectivity index (χ0n) is 12.8. The first-order chi connectivity index (χ1) is 11.3. The summed E-state index contributed by atoms with van der Waals surface area (Å²) in [5, 5.41) is 4.28. The lowest BCUT2D eigenvalue weighted by atomic mass is 10.2. The predicted octanol–water partition coefficient (Wildman–Crippen LogP) is 4.25. The first kappa shape index (κ1) is 15.6. The molecule has 3 rings (SSSR count). The maximum atomic E-state index is 13.8. The van der Waals surface area contributed by atoms with E-state index in [-0.39, 0.29) is 5.82 Å². The number of para-hydroxylation sites is 1. The topological polar surface area (TPSA) is 34.1 Å². The van der Waals surface area contributed by atoms with Gasteiger partial charge in [-0.05, 0) is 12.1 Å². The predicted molar refractivity (Wildman–Crippen MR) is 91.0 cm³/mol. The minimum Gasteiger partial charge on any atom is -0.496 e. The molecule has 1 N–H and O–H groups in total. The first-order valence-corrected chi connectivity index (χ1v) is 8.12. The molecule has 0 unspecified atom stereocenters. The average Bonchev–Trinajstić information content (AvgIpc) is 3.04. The van der Waals surface area contributed by atoms with Gasteiger partial charge in [-0.15, -0.1) is 11.3 Å². The highest BCUT2D eigenvalue weighted by atomic mass is 32.1. The number of thiazole rings is 1. The van der Waals surface area contributed by atoms with E-state index < -0.39 is 0 Å². The Morgan fingerprint density at radius 3 is 2.70 bits per heavy atom. The van der Waals surface area contributed by atoms with Gasteiger partial charge in [0.1, 0.15) is 16.6 Å². The molecule has 0 bridgehead atoms. The number of benzene rings is 2. The third kappa shape index (κ3) is 3.75. The third-order valence-corrected chi connectivity index (χ3v) is 4.51. The summed E-state index contributed by atoms with van der Waals surface area (Å²) in [6.45, 7) is 1.33. The lowest BCUT2D eigenvalue weighted by molar-refractivity contribution is 0.407. The summed E-state index contributed by atoms with van der Waals surface area (Å²) in [5.74, 6) is 0.649. The maximum Gasteiger partial charge on any atom is 0.131 e. The van der Waals surface area contributed by atoms with Gasteiger partial charge in [0.2, 0.25) is 0 Å². The second-order valence-electron chi connectivity index (χ2n) is 5.01. The van der Waals surface area contributed by atoms with Gasteiger partial charge in [0, 0.05) is 30.4 Å². The number of rotatable bonds is 6. The second-order valence-corrected chi connectivity index (χ2v) is 6.13. The van der Waals surface area contributed by atoms with Gasteiger partial charge in [-0.25, -0.2) is 9.37 Å². The van der Waals surface area contributed by atoms with Crippen molar-refractivity contribution in [1.29, 1.82) is 0 Å². The van der Waals surface area contributed by atoms with Crippen LogP contribution in [0.25, 0.3) is 10.4 Å². The molecule has 0 radical (unpaired) electrons. The monoisotopic (exact) mass is 328 g/mol. The van der Waals surface area contributed by atoms with Crippen LogP contribution in [0, 0.1) is 5.82 Å². The van der Waals surface area contributed by atoms with E-state index in [0.29, 0.717) is 18.7 Å². The normalized spacial score (nSPS) is 10.7. The lowest BCUT2D eigenvalue weighted by Crippen LogP contribution is -2.13. The van der Waals surface area contributed by atoms with Crippen LogP contribution in [-0.4, -0.2) is 12.1 Å². The molecule has 0 aliphatic heterocycles. The van der Waals surface area contributed by atoms with Gasteiger partial charge >= 0.3 is 0 Å². The highest BCUT2D eigenvalue weighted by Crippen LogP contribution is 2.28. The Kier molecular flexibility index (Phi) is 5.00. The van der Waals surface area contributed by atoms with Crippen molar-refractivity contribution in [2.75, 3.05) is 7.11 Å². The molecule has 0 saturated carbocycles. The zero-order valence-corrected chi connectivity index (χ0v) is 13.6. The van der Waals surface area contributed by atoms with E-state index in [1.54, 1.807) is 25.4 Å². The van der Waals surface area contributed by atoms with Crippen LogP contribution in [-0.2, 0) is 13.1 Å². The highest BCUT2D eigenvalue weighted by molar-refractivity contribution is 7.15. The Hall–Kier alpha value is -2.24. The fourth-order valence-electron chi connectivity index (χ4n) is 2.33. The van der Waals surface area contributed by atoms with E-state index in [1.807, 2.05) is 30.3 Å². The Morgan fingerprint density at radius 2 is 1.87 bits per heavy atom. The Morgan fingerprint density at radius 1 is 1.09 bits per heavy atom. The van der Waals surface area contributed by atoms with Crippen molar-refractivity contribution in [2.24, 2.45) is 0 Å². The summed E-state index contributed by atoms with van der Waals surface area (Å²) >= 11 is 1.50. The van der Waals surface area contributed by atoms with Crippen LogP contribution in [0.15, 0.2) is 54.7 Å². The molecule has 1 heterocycles. The minimum atomic E-state index is -0.218. The van der Waals surface area contributed by atoms with Crippen molar-refractivity contribution >= 4 is 11.3 Å². The molecular weight excluding hydrogens is 311 g/mol. The molecule has 3 aromatic rings. The van der Waals surface area contributed by atoms with Crippen molar-refractivity contribution < 1.29 is 9.13 Å². The van der Waals surface area contributed by atoms with Crippen LogP contribution in [0.3, 0.4) is 0 Å². The van der Waals surface area contributed by atoms with Gasteiger partial charge in [0.05, 0.1) is 12.0 Å². The van der Waals surface area contributed by atoms with Crippen LogP contribution in [0.2, 0.25) is 0 Å². The fourth-order valence-corrected chi connectivity index (χ4v) is 3.25. The number of nitrogens with one attached hydrogen (secondary N) is 1. The molecule has 0 saturated heterocycles. The summed E-state index contributed by atoms with van der Waals surface area (Å²) in [7, 11) is 1.67. The summed E-state index contributed by atoms with van der Waals surface area (Å²) in [5.41, 5.74) is 1.70. The molecule has 3 nitrogen and oxygen atoms in total. The van der Waals surface area contributed by atoms with E-state index in [9.17, 15) is 4.39 Å². The number of methoxy groups -OCH3 is 1. The molecule has 0 amide bonds. The Balaban J connectivity index is 1.63. The smallest absolute Gasteiger partial charge is 0.131 e. The summed E-state index contributed by atoms with van der Waals surface area (Å²) in [6, 6.07) is 14.7. The molecule has 1 aromatic heterocycles. The lowest BCUT2D eigenvalue weighted by Gasteiger charge is -2.08. The summed E-state index contributed by atoms with van der Waals surface area (Å²) in [4.78, 5) is 5.21. The molecule has 0 spiro atoms. The van der Waals surface area contributed by atoms with Crippen LogP contribution >= 0.6 is 11.3 Å². The highest BCUT2D eigenvalue weighted by Gasteiger charge is 2.08. The van der Waals surface area contributed by atoms with Crippen molar-refractivity contribution in [3.8, 4) is 16.2 Å². The van der Waals surface area contributed by atoms with Crippen LogP contribution < -0.4 is 10.1 Å². The first-order valence-electron chi connectivity index (χ1n) is 7.30. The van der Waals surface area contributed by atoms with E-state index >= 15 is 0 Å².